The van der Waals surface area contributed by atoms with Gasteiger partial charge in [-0.1, -0.05) is 140 Å². The van der Waals surface area contributed by atoms with Gasteiger partial charge in [-0.3, -0.25) is 14.5 Å². The molecule has 6 rings (SSSR count). The highest BCUT2D eigenvalue weighted by Gasteiger charge is 2.35. The van der Waals surface area contributed by atoms with E-state index in [0.717, 1.165) is 84.1 Å². The van der Waals surface area contributed by atoms with Gasteiger partial charge in [0.1, 0.15) is 22.7 Å². The van der Waals surface area contributed by atoms with Crippen molar-refractivity contribution in [1.82, 2.24) is 4.90 Å². The minimum absolute atomic E-state index is 0.0945. The molecular formula is C65H81NO6. The summed E-state index contributed by atoms with van der Waals surface area (Å²) in [4.78, 5) is 26.5. The molecule has 5 aromatic rings. The number of aromatic hydroxyl groups is 1. The summed E-state index contributed by atoms with van der Waals surface area (Å²) in [5.41, 5.74) is 10.2. The molecule has 0 aromatic heterocycles. The predicted molar refractivity (Wildman–Crippen MR) is 295 cm³/mol. The molecule has 0 bridgehead atoms. The molecule has 72 heavy (non-hydrogen) atoms. The maximum Gasteiger partial charge on any atom is 0.261 e. The molecule has 0 aliphatic carbocycles. The zero-order valence-electron chi connectivity index (χ0n) is 45.4. The minimum Gasteiger partial charge on any atom is -0.508 e. The number of aryl methyl sites for hydroxylation is 4. The molecule has 1 heterocycles. The van der Waals surface area contributed by atoms with Crippen LogP contribution in [-0.4, -0.2) is 56.4 Å². The molecule has 0 atom stereocenters. The number of imide groups is 1. The molecule has 0 spiro atoms. The Bertz CT molecular complexity index is 2760. The largest absolute Gasteiger partial charge is 0.508 e. The Labute approximate surface area is 432 Å². The van der Waals surface area contributed by atoms with Gasteiger partial charge in [0.05, 0.1) is 17.7 Å². The second-order valence-corrected chi connectivity index (χ2v) is 19.8. The van der Waals surface area contributed by atoms with Crippen molar-refractivity contribution < 1.29 is 29.6 Å². The maximum absolute atomic E-state index is 12.6. The second-order valence-electron chi connectivity index (χ2n) is 19.8. The van der Waals surface area contributed by atoms with Gasteiger partial charge in [-0.15, -0.1) is 0 Å². The summed E-state index contributed by atoms with van der Waals surface area (Å²) in [5, 5.41) is 31.0. The first-order chi connectivity index (χ1) is 34.4. The van der Waals surface area contributed by atoms with Crippen LogP contribution in [0.1, 0.15) is 202 Å². The third-order valence-electron chi connectivity index (χ3n) is 15.8. The maximum atomic E-state index is 12.6. The molecule has 0 fully saturated rings. The van der Waals surface area contributed by atoms with Gasteiger partial charge in [-0.2, -0.15) is 0 Å². The Hall–Kier alpha value is -6.12. The molecule has 0 saturated carbocycles. The number of amides is 2. The number of fused-ring (bicyclic) bond motifs is 1. The number of carbonyl (C=O) groups is 2. The fraction of sp³-hybridized carbons (Fsp3) is 0.446. The fourth-order valence-corrected chi connectivity index (χ4v) is 10.1. The average Bonchev–Trinajstić information content (AvgIpc) is 3.64. The average molecular weight is 972 g/mol. The lowest BCUT2D eigenvalue weighted by Crippen LogP contribution is -2.30. The Morgan fingerprint density at radius 2 is 0.889 bits per heavy atom. The summed E-state index contributed by atoms with van der Waals surface area (Å²) in [7, 11) is 0. The number of aliphatic hydroxyl groups is 2. The van der Waals surface area contributed by atoms with Crippen molar-refractivity contribution in [2.24, 2.45) is 0 Å². The van der Waals surface area contributed by atoms with E-state index in [0.29, 0.717) is 55.7 Å². The van der Waals surface area contributed by atoms with Gasteiger partial charge < -0.3 is 20.1 Å². The summed E-state index contributed by atoms with van der Waals surface area (Å²) in [6.07, 6.45) is 8.83. The molecule has 7 nitrogen and oxygen atoms in total. The normalized spacial score (nSPS) is 12.6. The summed E-state index contributed by atoms with van der Waals surface area (Å²) >= 11 is 0. The zero-order chi connectivity index (χ0) is 52.9. The molecule has 2 amide bonds. The van der Waals surface area contributed by atoms with Gasteiger partial charge in [0.25, 0.3) is 11.8 Å². The number of hydrogen-bond donors (Lipinski definition) is 3. The van der Waals surface area contributed by atoms with Crippen molar-refractivity contribution in [2.45, 2.75) is 176 Å². The fourth-order valence-electron chi connectivity index (χ4n) is 10.1. The van der Waals surface area contributed by atoms with Gasteiger partial charge in [-0.05, 0) is 179 Å². The summed E-state index contributed by atoms with van der Waals surface area (Å²) in [6, 6.07) is 32.6. The SMILES string of the molecule is CCC(O)(C#Cc1ccc(C(CC)(CC)c2ccc(O)c(C)c2)cc1C)CC.CCC(O)(C#Cc1ccc(C(CC)(CC)c2ccc(OCCCCCN3C(=O)c4ccccc4C3=O)c(C)c2)cc1C)CC. The van der Waals surface area contributed by atoms with Crippen LogP contribution in [0.2, 0.25) is 0 Å². The van der Waals surface area contributed by atoms with E-state index in [1.165, 1.54) is 27.2 Å². The second kappa shape index (κ2) is 25.0. The summed E-state index contributed by atoms with van der Waals surface area (Å²) in [5.74, 6) is 13.4. The zero-order valence-corrected chi connectivity index (χ0v) is 45.4. The Kier molecular flexibility index (Phi) is 19.7. The number of ether oxygens (including phenoxy) is 1. The van der Waals surface area contributed by atoms with Gasteiger partial charge in [0.2, 0.25) is 0 Å². The van der Waals surface area contributed by atoms with Crippen molar-refractivity contribution in [2.75, 3.05) is 13.2 Å². The molecule has 5 aromatic carbocycles. The standard InChI is InChI=1S/C39H47NO4.C26H34O2/c1-7-38(43,8-2)23-22-30-18-19-31(26-28(30)5)39(9-3,10-4)32-20-21-35(29(6)27-32)44-25-15-11-14-24-40-36(41)33-16-12-13-17-34(33)37(40)42;1-7-25(28,8-2)16-15-21-11-12-22(17-19(21)5)26(9-3,10-4)23-13-14-24(27)20(6)18-23/h12-13,16-21,26-27,43H,7-11,14-15,24-25H2,1-6H3;11-14,17-18,27-28H,7-10H2,1-6H3. The number of rotatable bonds is 19. The number of unbranched alkanes of at least 4 members (excludes halogenated alkanes) is 2. The number of phenols is 1. The molecule has 0 unspecified atom stereocenters. The van der Waals surface area contributed by atoms with E-state index in [1.54, 1.807) is 30.3 Å². The van der Waals surface area contributed by atoms with Crippen molar-refractivity contribution in [3.63, 3.8) is 0 Å². The first kappa shape index (κ1) is 56.8. The Morgan fingerprint density at radius 1 is 0.486 bits per heavy atom. The topological polar surface area (TPSA) is 107 Å². The highest BCUT2D eigenvalue weighted by Crippen LogP contribution is 2.42. The van der Waals surface area contributed by atoms with Gasteiger partial charge >= 0.3 is 0 Å². The third kappa shape index (κ3) is 12.5. The molecule has 3 N–H and O–H groups in total. The quantitative estimate of drug-likeness (QED) is 0.0432. The highest BCUT2D eigenvalue weighted by molar-refractivity contribution is 6.21. The first-order valence-corrected chi connectivity index (χ1v) is 26.6. The van der Waals surface area contributed by atoms with E-state index < -0.39 is 11.2 Å². The van der Waals surface area contributed by atoms with Gasteiger partial charge in [0.15, 0.2) is 0 Å². The van der Waals surface area contributed by atoms with Crippen LogP contribution in [-0.2, 0) is 10.8 Å². The lowest BCUT2D eigenvalue weighted by Gasteiger charge is -2.34. The van der Waals surface area contributed by atoms with Crippen molar-refractivity contribution in [1.29, 1.82) is 0 Å². The Morgan fingerprint density at radius 3 is 1.28 bits per heavy atom. The van der Waals surface area contributed by atoms with Crippen molar-refractivity contribution in [3.05, 3.63) is 164 Å². The van der Waals surface area contributed by atoms with Gasteiger partial charge in [-0.25, -0.2) is 0 Å². The molecule has 0 saturated heterocycles. The number of benzene rings is 5. The van der Waals surface area contributed by atoms with Crippen LogP contribution in [0.4, 0.5) is 0 Å². The third-order valence-corrected chi connectivity index (χ3v) is 15.8. The van der Waals surface area contributed by atoms with Crippen molar-refractivity contribution >= 4 is 11.8 Å². The number of carbonyl (C=O) groups excluding carboxylic acids is 2. The lowest BCUT2D eigenvalue weighted by atomic mass is 9.70. The minimum atomic E-state index is -0.940. The Balaban J connectivity index is 0.000000296. The van der Waals surface area contributed by atoms with Crippen LogP contribution < -0.4 is 4.74 Å². The molecule has 1 aliphatic heterocycles. The summed E-state index contributed by atoms with van der Waals surface area (Å²) < 4.78 is 6.17. The summed E-state index contributed by atoms with van der Waals surface area (Å²) in [6.45, 7) is 26.0. The molecule has 0 radical (unpaired) electrons. The molecule has 1 aliphatic rings. The number of phenolic OH excluding ortho intramolecular Hbond substituents is 1. The molecule has 7 heteroatoms. The van der Waals surface area contributed by atoms with E-state index >= 15 is 0 Å². The van der Waals surface area contributed by atoms with Crippen LogP contribution >= 0.6 is 0 Å². The number of hydrogen-bond acceptors (Lipinski definition) is 6. The molecular weight excluding hydrogens is 891 g/mol. The van der Waals surface area contributed by atoms with Crippen LogP contribution in [0.25, 0.3) is 0 Å². The number of nitrogens with zero attached hydrogens (tertiary/aromatic N) is 1. The highest BCUT2D eigenvalue weighted by atomic mass is 16.5. The van der Waals surface area contributed by atoms with Crippen LogP contribution in [0.5, 0.6) is 11.5 Å². The molecule has 382 valence electrons. The van der Waals surface area contributed by atoms with Crippen molar-refractivity contribution in [3.8, 4) is 35.2 Å². The van der Waals surface area contributed by atoms with E-state index in [1.807, 2.05) is 40.7 Å². The van der Waals surface area contributed by atoms with Crippen LogP contribution in [0.3, 0.4) is 0 Å². The van der Waals surface area contributed by atoms with Crippen LogP contribution in [0, 0.1) is 51.4 Å². The van der Waals surface area contributed by atoms with Gasteiger partial charge in [0, 0.05) is 28.5 Å². The smallest absolute Gasteiger partial charge is 0.261 e. The van der Waals surface area contributed by atoms with Crippen LogP contribution in [0.15, 0.2) is 97.1 Å². The van der Waals surface area contributed by atoms with E-state index in [-0.39, 0.29) is 22.6 Å². The lowest BCUT2D eigenvalue weighted by molar-refractivity contribution is 0.0650. The van der Waals surface area contributed by atoms with E-state index in [9.17, 15) is 24.9 Å². The monoisotopic (exact) mass is 972 g/mol. The van der Waals surface area contributed by atoms with E-state index in [4.69, 9.17) is 4.74 Å². The first-order valence-electron chi connectivity index (χ1n) is 26.6. The predicted octanol–water partition coefficient (Wildman–Crippen LogP) is 14.2. The van der Waals surface area contributed by atoms with E-state index in [2.05, 4.69) is 133 Å².